The number of hydrogen-bond acceptors (Lipinski definition) is 4. The average molecular weight is 160 g/mol. The van der Waals surface area contributed by atoms with Gasteiger partial charge >= 0.3 is 5.97 Å². The number of carbonyl (C=O) groups is 2. The summed E-state index contributed by atoms with van der Waals surface area (Å²) < 4.78 is 9.13. The zero-order valence-corrected chi connectivity index (χ0v) is 6.75. The predicted molar refractivity (Wildman–Crippen MR) is 37.9 cm³/mol. The Morgan fingerprint density at radius 2 is 2.00 bits per heavy atom. The van der Waals surface area contributed by atoms with Gasteiger partial charge in [0, 0.05) is 13.3 Å². The average Bonchev–Trinajstić information content (AvgIpc) is 1.97. The number of Topliss-reactive ketones (excluding diaryl/α,β-unsaturated/α-hetero) is 1. The van der Waals surface area contributed by atoms with Crippen molar-refractivity contribution in [1.29, 1.82) is 0 Å². The fourth-order valence-corrected chi connectivity index (χ4v) is 0.382. The van der Waals surface area contributed by atoms with Crippen LogP contribution in [0, 0.1) is 0 Å². The van der Waals surface area contributed by atoms with Gasteiger partial charge in [0.25, 0.3) is 0 Å². The third-order valence-corrected chi connectivity index (χ3v) is 1.00. The Balaban J connectivity index is 3.14. The molecular weight excluding hydrogens is 148 g/mol. The summed E-state index contributed by atoms with van der Waals surface area (Å²) in [5.41, 5.74) is 0. The van der Waals surface area contributed by atoms with E-state index in [0.717, 1.165) is 0 Å². The molecule has 0 bridgehead atoms. The Bertz CT molecular complexity index is 141. The van der Waals surface area contributed by atoms with Crippen molar-refractivity contribution in [3.05, 3.63) is 0 Å². The van der Waals surface area contributed by atoms with Gasteiger partial charge in [-0.25, -0.2) is 0 Å². The smallest absolute Gasteiger partial charge is 0.304 e. The van der Waals surface area contributed by atoms with Crippen LogP contribution < -0.4 is 0 Å². The van der Waals surface area contributed by atoms with Crippen LogP contribution in [0.3, 0.4) is 0 Å². The van der Waals surface area contributed by atoms with Crippen molar-refractivity contribution in [2.75, 3.05) is 13.4 Å². The molecular formula is C7H12O4. The third kappa shape index (κ3) is 6.99. The first kappa shape index (κ1) is 10.1. The van der Waals surface area contributed by atoms with E-state index < -0.39 is 5.97 Å². The molecule has 0 unspecified atom stereocenters. The number of esters is 1. The number of rotatable bonds is 5. The van der Waals surface area contributed by atoms with E-state index >= 15 is 0 Å². The molecule has 64 valence electrons. The van der Waals surface area contributed by atoms with Crippen LogP contribution in [0.2, 0.25) is 0 Å². The first-order valence-corrected chi connectivity index (χ1v) is 3.39. The van der Waals surface area contributed by atoms with Crippen molar-refractivity contribution in [2.45, 2.75) is 20.3 Å². The van der Waals surface area contributed by atoms with E-state index in [0.29, 0.717) is 6.42 Å². The van der Waals surface area contributed by atoms with Crippen molar-refractivity contribution < 1.29 is 19.1 Å². The monoisotopic (exact) mass is 160 g/mol. The zero-order chi connectivity index (χ0) is 8.69. The lowest BCUT2D eigenvalue weighted by Crippen LogP contribution is -2.11. The van der Waals surface area contributed by atoms with Gasteiger partial charge in [-0.15, -0.1) is 0 Å². The maximum Gasteiger partial charge on any atom is 0.304 e. The van der Waals surface area contributed by atoms with E-state index in [1.165, 1.54) is 6.92 Å². The minimum Gasteiger partial charge on any atom is -0.439 e. The molecule has 0 atom stereocenters. The van der Waals surface area contributed by atoms with Gasteiger partial charge in [-0.3, -0.25) is 9.59 Å². The Labute approximate surface area is 65.5 Å². The minimum atomic E-state index is -0.408. The summed E-state index contributed by atoms with van der Waals surface area (Å²) in [4.78, 5) is 20.8. The van der Waals surface area contributed by atoms with Crippen LogP contribution in [0.4, 0.5) is 0 Å². The van der Waals surface area contributed by atoms with E-state index in [-0.39, 0.29) is 19.2 Å². The molecule has 0 fully saturated rings. The van der Waals surface area contributed by atoms with Crippen LogP contribution >= 0.6 is 0 Å². The zero-order valence-electron chi connectivity index (χ0n) is 6.75. The quantitative estimate of drug-likeness (QED) is 0.334. The minimum absolute atomic E-state index is 0.00264. The van der Waals surface area contributed by atoms with E-state index in [2.05, 4.69) is 4.74 Å². The van der Waals surface area contributed by atoms with Gasteiger partial charge < -0.3 is 9.47 Å². The topological polar surface area (TPSA) is 52.6 Å². The van der Waals surface area contributed by atoms with Gasteiger partial charge in [-0.2, -0.15) is 0 Å². The lowest BCUT2D eigenvalue weighted by molar-refractivity contribution is -0.155. The van der Waals surface area contributed by atoms with Crippen molar-refractivity contribution in [3.8, 4) is 0 Å². The Morgan fingerprint density at radius 1 is 1.36 bits per heavy atom. The highest BCUT2D eigenvalue weighted by Gasteiger charge is 1.97. The molecule has 0 aliphatic carbocycles. The summed E-state index contributed by atoms with van der Waals surface area (Å²) in [6.45, 7) is 2.91. The van der Waals surface area contributed by atoms with Crippen molar-refractivity contribution in [1.82, 2.24) is 0 Å². The van der Waals surface area contributed by atoms with Gasteiger partial charge in [0.2, 0.25) is 0 Å². The molecule has 0 aliphatic rings. The SMILES string of the molecule is CCC(=O)COCOC(C)=O. The third-order valence-electron chi connectivity index (χ3n) is 1.00. The number of hydrogen-bond donors (Lipinski definition) is 0. The molecule has 11 heavy (non-hydrogen) atoms. The molecule has 0 spiro atoms. The van der Waals surface area contributed by atoms with E-state index in [9.17, 15) is 9.59 Å². The Hall–Kier alpha value is -0.900. The van der Waals surface area contributed by atoms with Gasteiger partial charge in [-0.05, 0) is 0 Å². The summed E-state index contributed by atoms with van der Waals surface area (Å²) >= 11 is 0. The molecule has 0 aromatic rings. The largest absolute Gasteiger partial charge is 0.439 e. The van der Waals surface area contributed by atoms with Gasteiger partial charge in [0.1, 0.15) is 6.61 Å². The normalized spacial score (nSPS) is 9.27. The first-order chi connectivity index (χ1) is 5.16. The van der Waals surface area contributed by atoms with Gasteiger partial charge in [0.05, 0.1) is 0 Å². The van der Waals surface area contributed by atoms with Gasteiger partial charge in [0.15, 0.2) is 12.6 Å². The second-order valence-electron chi connectivity index (χ2n) is 1.99. The second-order valence-corrected chi connectivity index (χ2v) is 1.99. The van der Waals surface area contributed by atoms with E-state index in [1.807, 2.05) is 0 Å². The summed E-state index contributed by atoms with van der Waals surface area (Å²) in [5, 5.41) is 0. The molecule has 0 aromatic carbocycles. The fraction of sp³-hybridized carbons (Fsp3) is 0.714. The summed E-state index contributed by atoms with van der Waals surface area (Å²) in [6.07, 6.45) is 0.445. The molecule has 0 aromatic heterocycles. The second kappa shape index (κ2) is 5.85. The Kier molecular flexibility index (Phi) is 5.37. The van der Waals surface area contributed by atoms with Gasteiger partial charge in [-0.1, -0.05) is 6.92 Å². The maximum absolute atomic E-state index is 10.6. The predicted octanol–water partition coefficient (Wildman–Crippen LogP) is 0.503. The van der Waals surface area contributed by atoms with Crippen LogP contribution in [-0.2, 0) is 19.1 Å². The Morgan fingerprint density at radius 3 is 2.45 bits per heavy atom. The van der Waals surface area contributed by atoms with Crippen LogP contribution in [0.15, 0.2) is 0 Å². The fourth-order valence-electron chi connectivity index (χ4n) is 0.382. The standard InChI is InChI=1S/C7H12O4/c1-3-7(9)4-10-5-11-6(2)8/h3-5H2,1-2H3. The molecule has 0 heterocycles. The lowest BCUT2D eigenvalue weighted by Gasteiger charge is -2.01. The van der Waals surface area contributed by atoms with Crippen molar-refractivity contribution >= 4 is 11.8 Å². The van der Waals surface area contributed by atoms with E-state index in [1.54, 1.807) is 6.92 Å². The molecule has 0 saturated carbocycles. The molecule has 0 radical (unpaired) electrons. The molecule has 0 aliphatic heterocycles. The van der Waals surface area contributed by atoms with Crippen LogP contribution in [0.5, 0.6) is 0 Å². The first-order valence-electron chi connectivity index (χ1n) is 3.39. The summed E-state index contributed by atoms with van der Waals surface area (Å²) in [5.74, 6) is -0.411. The van der Waals surface area contributed by atoms with Crippen molar-refractivity contribution in [2.24, 2.45) is 0 Å². The number of carbonyl (C=O) groups excluding carboxylic acids is 2. The van der Waals surface area contributed by atoms with Crippen LogP contribution in [0.25, 0.3) is 0 Å². The number of ether oxygens (including phenoxy) is 2. The highest BCUT2D eigenvalue weighted by Crippen LogP contribution is 1.84. The molecule has 4 heteroatoms. The number of ketones is 1. The molecule has 0 amide bonds. The highest BCUT2D eigenvalue weighted by molar-refractivity contribution is 5.79. The summed E-state index contributed by atoms with van der Waals surface area (Å²) in [7, 11) is 0. The lowest BCUT2D eigenvalue weighted by atomic mass is 10.3. The summed E-state index contributed by atoms with van der Waals surface area (Å²) in [6, 6.07) is 0. The van der Waals surface area contributed by atoms with Crippen LogP contribution in [0.1, 0.15) is 20.3 Å². The van der Waals surface area contributed by atoms with Crippen molar-refractivity contribution in [3.63, 3.8) is 0 Å². The maximum atomic E-state index is 10.6. The molecule has 0 N–H and O–H groups in total. The highest BCUT2D eigenvalue weighted by atomic mass is 16.7. The van der Waals surface area contributed by atoms with E-state index in [4.69, 9.17) is 4.74 Å². The molecule has 0 rings (SSSR count). The molecule has 4 nitrogen and oxygen atoms in total. The van der Waals surface area contributed by atoms with Crippen LogP contribution in [-0.4, -0.2) is 25.2 Å². The molecule has 0 saturated heterocycles.